The van der Waals surface area contributed by atoms with E-state index in [-0.39, 0.29) is 40.8 Å². The molecule has 0 saturated carbocycles. The van der Waals surface area contributed by atoms with Gasteiger partial charge in [-0.15, -0.1) is 0 Å². The smallest absolute Gasteiger partial charge is 0.338 e. The summed E-state index contributed by atoms with van der Waals surface area (Å²) in [5, 5.41) is 0. The molecule has 1 aliphatic heterocycles. The fourth-order valence-corrected chi connectivity index (χ4v) is 6.16. The Balaban J connectivity index is 1.82. The summed E-state index contributed by atoms with van der Waals surface area (Å²) in [4.78, 5) is 19.1. The van der Waals surface area contributed by atoms with Gasteiger partial charge in [0.15, 0.2) is 5.78 Å². The molecule has 0 spiro atoms. The lowest BCUT2D eigenvalue weighted by Gasteiger charge is -2.30. The van der Waals surface area contributed by atoms with Crippen molar-refractivity contribution in [3.8, 4) is 5.75 Å². The second-order valence-corrected chi connectivity index (χ2v) is 11.2. The highest BCUT2D eigenvalue weighted by molar-refractivity contribution is 7.86. The number of rotatable bonds is 8. The Kier molecular flexibility index (Phi) is 7.80. The number of nitrogens with one attached hydrogen (secondary N) is 1. The van der Waals surface area contributed by atoms with Gasteiger partial charge >= 0.3 is 10.1 Å². The average molecular weight is 526 g/mol. The van der Waals surface area contributed by atoms with E-state index in [1.165, 1.54) is 28.8 Å². The number of ketones is 1. The number of Topliss-reactive ketones (excluding diaryl/α,β-unsaturated/α-hetero) is 1. The van der Waals surface area contributed by atoms with E-state index in [2.05, 4.69) is 19.3 Å². The largest absolute Gasteiger partial charge is 0.493 e. The Morgan fingerprint density at radius 1 is 1.08 bits per heavy atom. The molecule has 1 atom stereocenters. The van der Waals surface area contributed by atoms with E-state index in [0.29, 0.717) is 18.9 Å². The van der Waals surface area contributed by atoms with Gasteiger partial charge < -0.3 is 8.92 Å². The fourth-order valence-electron chi connectivity index (χ4n) is 5.17. The quantitative estimate of drug-likeness (QED) is 0.364. The highest BCUT2D eigenvalue weighted by atomic mass is 32.2. The van der Waals surface area contributed by atoms with E-state index < -0.39 is 10.1 Å². The molecule has 198 valence electrons. The first kappa shape index (κ1) is 26.9. The summed E-state index contributed by atoms with van der Waals surface area (Å²) in [5.41, 5.74) is 9.89. The number of hydrogen-bond donors (Lipinski definition) is 1. The number of hydroxylamine groups is 1. The van der Waals surface area contributed by atoms with E-state index >= 15 is 0 Å². The molecule has 1 aliphatic carbocycles. The van der Waals surface area contributed by atoms with Crippen LogP contribution in [0.2, 0.25) is 0 Å². The van der Waals surface area contributed by atoms with Gasteiger partial charge in [-0.3, -0.25) is 15.1 Å². The number of allylic oxidation sites excluding steroid dienone is 3. The van der Waals surface area contributed by atoms with Crippen molar-refractivity contribution in [3.63, 3.8) is 0 Å². The number of ether oxygens (including phenoxy) is 1. The van der Waals surface area contributed by atoms with Crippen LogP contribution in [0.3, 0.4) is 0 Å². The van der Waals surface area contributed by atoms with Crippen LogP contribution in [0.5, 0.6) is 5.75 Å². The third-order valence-electron chi connectivity index (χ3n) is 7.33. The molecule has 2 aliphatic rings. The first-order valence-electron chi connectivity index (χ1n) is 12.7. The lowest BCUT2D eigenvalue weighted by atomic mass is 9.77. The summed E-state index contributed by atoms with van der Waals surface area (Å²) >= 11 is 0. The normalized spacial score (nSPS) is 18.1. The van der Waals surface area contributed by atoms with Gasteiger partial charge in [0, 0.05) is 36.3 Å². The highest BCUT2D eigenvalue weighted by Gasteiger charge is 2.38. The van der Waals surface area contributed by atoms with Crippen LogP contribution < -0.4 is 10.2 Å². The van der Waals surface area contributed by atoms with Gasteiger partial charge in [-0.05, 0) is 70.4 Å². The minimum Gasteiger partial charge on any atom is -0.493 e. The molecule has 2 aromatic rings. The minimum absolute atomic E-state index is 0.0332. The van der Waals surface area contributed by atoms with Gasteiger partial charge in [-0.1, -0.05) is 23.8 Å². The summed E-state index contributed by atoms with van der Waals surface area (Å²) in [6, 6.07) is 6.45. The number of carbonyl (C=O) groups excluding carboxylic acids is 1. The van der Waals surface area contributed by atoms with Crippen LogP contribution in [0, 0.1) is 27.7 Å². The molecule has 1 N–H and O–H groups in total. The highest BCUT2D eigenvalue weighted by Crippen LogP contribution is 2.47. The van der Waals surface area contributed by atoms with E-state index in [4.69, 9.17) is 13.8 Å². The van der Waals surface area contributed by atoms with Crippen LogP contribution in [0.4, 0.5) is 0 Å². The number of aryl methyl sites for hydroxylation is 1. The lowest BCUT2D eigenvalue weighted by Crippen LogP contribution is -2.28. The molecule has 1 heterocycles. The molecule has 2 aromatic carbocycles. The zero-order valence-electron chi connectivity index (χ0n) is 22.4. The van der Waals surface area contributed by atoms with Crippen molar-refractivity contribution in [2.75, 3.05) is 13.2 Å². The Morgan fingerprint density at radius 3 is 2.43 bits per heavy atom. The monoisotopic (exact) mass is 525 g/mol. The SMILES string of the molecule is CC=C(NOCC)C1=C(OS(=O)(=O)c2ccc(C)cc2)CC(c2c(C)c(C)c(C)c3c2OCC3)CC1=O. The first-order chi connectivity index (χ1) is 17.6. The summed E-state index contributed by atoms with van der Waals surface area (Å²) in [6.45, 7) is 12.6. The Labute approximate surface area is 219 Å². The standard InChI is InChI=1S/C29H35NO6S/c1-7-24(30-35-8-2)28-25(31)15-21(27-20(6)18(4)19(5)23-13-14-34-29(23)27)16-26(28)36-37(32,33)22-11-9-17(3)10-12-22/h7,9-12,21,30H,8,13-16H2,1-6H3. The Morgan fingerprint density at radius 2 is 1.78 bits per heavy atom. The third-order valence-corrected chi connectivity index (χ3v) is 8.60. The number of hydrogen-bond acceptors (Lipinski definition) is 7. The van der Waals surface area contributed by atoms with Gasteiger partial charge in [0.2, 0.25) is 0 Å². The predicted molar refractivity (Wildman–Crippen MR) is 142 cm³/mol. The van der Waals surface area contributed by atoms with Crippen LogP contribution in [0.15, 0.2) is 52.3 Å². The van der Waals surface area contributed by atoms with Crippen molar-refractivity contribution in [2.24, 2.45) is 0 Å². The van der Waals surface area contributed by atoms with E-state index in [9.17, 15) is 13.2 Å². The van der Waals surface area contributed by atoms with Crippen molar-refractivity contribution in [1.29, 1.82) is 0 Å². The number of benzene rings is 2. The van der Waals surface area contributed by atoms with Crippen molar-refractivity contribution in [3.05, 3.63) is 80.8 Å². The molecule has 0 fully saturated rings. The molecule has 8 heteroatoms. The van der Waals surface area contributed by atoms with Crippen LogP contribution in [-0.2, 0) is 30.4 Å². The maximum Gasteiger partial charge on any atom is 0.338 e. The molecule has 0 bridgehead atoms. The van der Waals surface area contributed by atoms with Gasteiger partial charge in [0.1, 0.15) is 16.4 Å². The zero-order chi connectivity index (χ0) is 26.9. The van der Waals surface area contributed by atoms with Gasteiger partial charge in [-0.2, -0.15) is 8.42 Å². The zero-order valence-corrected chi connectivity index (χ0v) is 23.2. The molecule has 0 amide bonds. The van der Waals surface area contributed by atoms with Gasteiger partial charge in [-0.25, -0.2) is 0 Å². The van der Waals surface area contributed by atoms with Crippen molar-refractivity contribution >= 4 is 15.9 Å². The first-order valence-corrected chi connectivity index (χ1v) is 14.1. The molecular weight excluding hydrogens is 490 g/mol. The number of carbonyl (C=O) groups is 1. The maximum absolute atomic E-state index is 13.7. The maximum atomic E-state index is 13.7. The van der Waals surface area contributed by atoms with Crippen LogP contribution in [0.25, 0.3) is 0 Å². The van der Waals surface area contributed by atoms with E-state index in [1.807, 2.05) is 20.8 Å². The van der Waals surface area contributed by atoms with Crippen molar-refractivity contribution in [2.45, 2.75) is 71.6 Å². The molecule has 0 saturated heterocycles. The molecule has 1 unspecified atom stereocenters. The second kappa shape index (κ2) is 10.7. The fraction of sp³-hybridized carbons (Fsp3) is 0.414. The van der Waals surface area contributed by atoms with E-state index in [0.717, 1.165) is 28.9 Å². The van der Waals surface area contributed by atoms with Crippen LogP contribution >= 0.6 is 0 Å². The second-order valence-electron chi connectivity index (χ2n) is 9.61. The van der Waals surface area contributed by atoms with Crippen molar-refractivity contribution in [1.82, 2.24) is 5.48 Å². The summed E-state index contributed by atoms with van der Waals surface area (Å²) in [6.07, 6.45) is 2.95. The molecule has 4 rings (SSSR count). The Bertz CT molecular complexity index is 1390. The molecule has 37 heavy (non-hydrogen) atoms. The number of fused-ring (bicyclic) bond motifs is 1. The Hall–Kier alpha value is -3.10. The summed E-state index contributed by atoms with van der Waals surface area (Å²) < 4.78 is 38.5. The van der Waals surface area contributed by atoms with Gasteiger partial charge in [0.05, 0.1) is 24.5 Å². The van der Waals surface area contributed by atoms with Crippen molar-refractivity contribution < 1.29 is 27.0 Å². The lowest BCUT2D eigenvalue weighted by molar-refractivity contribution is -0.116. The summed E-state index contributed by atoms with van der Waals surface area (Å²) in [7, 11) is -4.17. The summed E-state index contributed by atoms with van der Waals surface area (Å²) in [5.74, 6) is 0.443. The van der Waals surface area contributed by atoms with Gasteiger partial charge in [0.25, 0.3) is 0 Å². The molecule has 0 radical (unpaired) electrons. The molecule has 0 aromatic heterocycles. The van der Waals surface area contributed by atoms with Crippen LogP contribution in [0.1, 0.15) is 66.0 Å². The predicted octanol–water partition coefficient (Wildman–Crippen LogP) is 5.41. The van der Waals surface area contributed by atoms with E-state index in [1.54, 1.807) is 25.1 Å². The average Bonchev–Trinajstić information content (AvgIpc) is 3.34. The topological polar surface area (TPSA) is 90.9 Å². The third kappa shape index (κ3) is 5.18. The molecular formula is C29H35NO6S. The van der Waals surface area contributed by atoms with Crippen LogP contribution in [-0.4, -0.2) is 27.4 Å². The molecule has 7 nitrogen and oxygen atoms in total. The minimum atomic E-state index is -4.17.